The molecule has 0 unspecified atom stereocenters. The van der Waals surface area contributed by atoms with Crippen LogP contribution in [0, 0.1) is 17.1 Å². The molecular formula is C17H12FN3. The van der Waals surface area contributed by atoms with Crippen molar-refractivity contribution in [2.24, 2.45) is 0 Å². The molecule has 102 valence electrons. The van der Waals surface area contributed by atoms with Crippen LogP contribution in [0.25, 0.3) is 10.9 Å². The Labute approximate surface area is 121 Å². The molecule has 0 aliphatic carbocycles. The van der Waals surface area contributed by atoms with E-state index in [0.29, 0.717) is 12.2 Å². The SMILES string of the molecule is N#Cc1ccc(NCc2cccc3cccnc23)cc1F. The van der Waals surface area contributed by atoms with Crippen LogP contribution in [-0.4, -0.2) is 4.98 Å². The number of hydrogen-bond donors (Lipinski definition) is 1. The summed E-state index contributed by atoms with van der Waals surface area (Å²) in [6, 6.07) is 16.2. The molecule has 1 N–H and O–H groups in total. The van der Waals surface area contributed by atoms with Crippen molar-refractivity contribution in [2.45, 2.75) is 6.54 Å². The van der Waals surface area contributed by atoms with Crippen LogP contribution in [0.1, 0.15) is 11.1 Å². The zero-order valence-electron chi connectivity index (χ0n) is 11.2. The second kappa shape index (κ2) is 5.59. The summed E-state index contributed by atoms with van der Waals surface area (Å²) in [4.78, 5) is 4.38. The summed E-state index contributed by atoms with van der Waals surface area (Å²) in [6.07, 6.45) is 1.76. The molecule has 0 saturated heterocycles. The van der Waals surface area contributed by atoms with Gasteiger partial charge in [-0.3, -0.25) is 4.98 Å². The van der Waals surface area contributed by atoms with Crippen molar-refractivity contribution in [3.05, 3.63) is 71.7 Å². The van der Waals surface area contributed by atoms with Crippen molar-refractivity contribution in [3.8, 4) is 6.07 Å². The van der Waals surface area contributed by atoms with Crippen LogP contribution in [0.15, 0.2) is 54.7 Å². The number of anilines is 1. The van der Waals surface area contributed by atoms with Gasteiger partial charge in [0.15, 0.2) is 0 Å². The number of benzene rings is 2. The third-order valence-corrected chi connectivity index (χ3v) is 3.29. The molecule has 3 aromatic rings. The van der Waals surface area contributed by atoms with Crippen LogP contribution >= 0.6 is 0 Å². The number of nitrogens with zero attached hydrogens (tertiary/aromatic N) is 2. The fourth-order valence-electron chi connectivity index (χ4n) is 2.22. The van der Waals surface area contributed by atoms with E-state index in [-0.39, 0.29) is 5.56 Å². The largest absolute Gasteiger partial charge is 0.381 e. The molecule has 0 atom stereocenters. The number of hydrogen-bond acceptors (Lipinski definition) is 3. The third-order valence-electron chi connectivity index (χ3n) is 3.29. The normalized spacial score (nSPS) is 10.3. The summed E-state index contributed by atoms with van der Waals surface area (Å²) in [5.41, 5.74) is 2.66. The topological polar surface area (TPSA) is 48.7 Å². The Morgan fingerprint density at radius 2 is 2.00 bits per heavy atom. The van der Waals surface area contributed by atoms with Crippen LogP contribution in [0.5, 0.6) is 0 Å². The van der Waals surface area contributed by atoms with Crippen molar-refractivity contribution in [2.75, 3.05) is 5.32 Å². The van der Waals surface area contributed by atoms with E-state index in [9.17, 15) is 4.39 Å². The van der Waals surface area contributed by atoms with E-state index in [2.05, 4.69) is 10.3 Å². The molecule has 3 rings (SSSR count). The minimum absolute atomic E-state index is 0.0485. The lowest BCUT2D eigenvalue weighted by molar-refractivity contribution is 0.624. The maximum absolute atomic E-state index is 13.6. The Morgan fingerprint density at radius 3 is 2.81 bits per heavy atom. The van der Waals surface area contributed by atoms with Gasteiger partial charge in [0.25, 0.3) is 0 Å². The van der Waals surface area contributed by atoms with Gasteiger partial charge in [-0.05, 0) is 29.8 Å². The highest BCUT2D eigenvalue weighted by atomic mass is 19.1. The lowest BCUT2D eigenvalue weighted by Crippen LogP contribution is -2.01. The number of halogens is 1. The first-order valence-corrected chi connectivity index (χ1v) is 6.54. The number of pyridine rings is 1. The zero-order valence-corrected chi connectivity index (χ0v) is 11.2. The Bertz CT molecular complexity index is 832. The van der Waals surface area contributed by atoms with Gasteiger partial charge in [-0.1, -0.05) is 24.3 Å². The van der Waals surface area contributed by atoms with Crippen LogP contribution in [-0.2, 0) is 6.54 Å². The summed E-state index contributed by atoms with van der Waals surface area (Å²) in [5, 5.41) is 12.9. The molecule has 0 bridgehead atoms. The molecule has 1 heterocycles. The summed E-state index contributed by atoms with van der Waals surface area (Å²) in [6.45, 7) is 0.541. The quantitative estimate of drug-likeness (QED) is 0.791. The lowest BCUT2D eigenvalue weighted by Gasteiger charge is -2.09. The van der Waals surface area contributed by atoms with Crippen molar-refractivity contribution < 1.29 is 4.39 Å². The fraction of sp³-hybridized carbons (Fsp3) is 0.0588. The minimum atomic E-state index is -0.515. The van der Waals surface area contributed by atoms with Crippen LogP contribution in [0.2, 0.25) is 0 Å². The predicted octanol–water partition coefficient (Wildman–Crippen LogP) is 3.86. The molecule has 3 nitrogen and oxygen atoms in total. The van der Waals surface area contributed by atoms with Gasteiger partial charge in [0.05, 0.1) is 11.1 Å². The molecular weight excluding hydrogens is 265 g/mol. The number of nitrogens with one attached hydrogen (secondary N) is 1. The summed E-state index contributed by atoms with van der Waals surface area (Å²) in [7, 11) is 0. The Balaban J connectivity index is 1.84. The van der Waals surface area contributed by atoms with Gasteiger partial charge in [-0.15, -0.1) is 0 Å². The standard InChI is InChI=1S/C17H12FN3/c18-16-9-15(7-6-13(16)10-19)21-11-14-4-1-3-12-5-2-8-20-17(12)14/h1-9,21H,11H2. The van der Waals surface area contributed by atoms with E-state index in [1.165, 1.54) is 12.1 Å². The van der Waals surface area contributed by atoms with E-state index < -0.39 is 5.82 Å². The first kappa shape index (κ1) is 13.1. The van der Waals surface area contributed by atoms with Gasteiger partial charge >= 0.3 is 0 Å². The highest BCUT2D eigenvalue weighted by Gasteiger charge is 2.04. The lowest BCUT2D eigenvalue weighted by atomic mass is 10.1. The van der Waals surface area contributed by atoms with Crippen LogP contribution in [0.3, 0.4) is 0 Å². The van der Waals surface area contributed by atoms with Crippen LogP contribution < -0.4 is 5.32 Å². The average Bonchev–Trinajstić information content (AvgIpc) is 2.53. The molecule has 0 radical (unpaired) electrons. The second-order valence-corrected chi connectivity index (χ2v) is 4.65. The van der Waals surface area contributed by atoms with Crippen molar-refractivity contribution in [3.63, 3.8) is 0 Å². The number of aromatic nitrogens is 1. The highest BCUT2D eigenvalue weighted by Crippen LogP contribution is 2.19. The molecule has 0 aliphatic rings. The summed E-state index contributed by atoms with van der Waals surface area (Å²) >= 11 is 0. The molecule has 0 spiro atoms. The predicted molar refractivity (Wildman–Crippen MR) is 80.2 cm³/mol. The molecule has 0 aliphatic heterocycles. The Hall–Kier alpha value is -2.93. The Morgan fingerprint density at radius 1 is 1.14 bits per heavy atom. The molecule has 0 saturated carbocycles. The average molecular weight is 277 g/mol. The number of rotatable bonds is 3. The third kappa shape index (κ3) is 2.67. The molecule has 0 amide bonds. The van der Waals surface area contributed by atoms with Gasteiger partial charge in [0, 0.05) is 23.8 Å². The number of fused-ring (bicyclic) bond motifs is 1. The van der Waals surface area contributed by atoms with Crippen LogP contribution in [0.4, 0.5) is 10.1 Å². The van der Waals surface area contributed by atoms with Gasteiger partial charge in [-0.2, -0.15) is 5.26 Å². The first-order chi connectivity index (χ1) is 10.3. The van der Waals surface area contributed by atoms with Gasteiger partial charge in [0.1, 0.15) is 11.9 Å². The van der Waals surface area contributed by atoms with E-state index >= 15 is 0 Å². The zero-order chi connectivity index (χ0) is 14.7. The fourth-order valence-corrected chi connectivity index (χ4v) is 2.22. The minimum Gasteiger partial charge on any atom is -0.381 e. The van der Waals surface area contributed by atoms with Crippen molar-refractivity contribution >= 4 is 16.6 Å². The maximum atomic E-state index is 13.6. The molecule has 21 heavy (non-hydrogen) atoms. The first-order valence-electron chi connectivity index (χ1n) is 6.54. The smallest absolute Gasteiger partial charge is 0.143 e. The van der Waals surface area contributed by atoms with Crippen molar-refractivity contribution in [1.82, 2.24) is 4.98 Å². The van der Waals surface area contributed by atoms with Gasteiger partial charge in [0.2, 0.25) is 0 Å². The van der Waals surface area contributed by atoms with E-state index in [0.717, 1.165) is 16.5 Å². The highest BCUT2D eigenvalue weighted by molar-refractivity contribution is 5.81. The number of para-hydroxylation sites is 1. The van der Waals surface area contributed by atoms with Gasteiger partial charge < -0.3 is 5.32 Å². The molecule has 2 aromatic carbocycles. The molecule has 0 fully saturated rings. The van der Waals surface area contributed by atoms with Crippen molar-refractivity contribution in [1.29, 1.82) is 5.26 Å². The molecule has 1 aromatic heterocycles. The van der Waals surface area contributed by atoms with Gasteiger partial charge in [-0.25, -0.2) is 4.39 Å². The molecule has 4 heteroatoms. The monoisotopic (exact) mass is 277 g/mol. The van der Waals surface area contributed by atoms with E-state index in [4.69, 9.17) is 5.26 Å². The van der Waals surface area contributed by atoms with E-state index in [1.54, 1.807) is 12.3 Å². The maximum Gasteiger partial charge on any atom is 0.143 e. The second-order valence-electron chi connectivity index (χ2n) is 4.65. The van der Waals surface area contributed by atoms with E-state index in [1.807, 2.05) is 36.4 Å². The Kier molecular flexibility index (Phi) is 3.48. The summed E-state index contributed by atoms with van der Waals surface area (Å²) in [5.74, 6) is -0.515. The summed E-state index contributed by atoms with van der Waals surface area (Å²) < 4.78 is 13.6. The number of nitriles is 1.